The first-order chi connectivity index (χ1) is 6.85. The number of hydrogen-bond donors (Lipinski definition) is 1. The van der Waals surface area contributed by atoms with Crippen LogP contribution in [0.2, 0.25) is 0 Å². The van der Waals surface area contributed by atoms with Gasteiger partial charge in [0.15, 0.2) is 0 Å². The molecule has 0 radical (unpaired) electrons. The average molecular weight is 273 g/mol. The predicted molar refractivity (Wildman–Crippen MR) is 58.6 cm³/mol. The fraction of sp³-hybridized carbons (Fsp3) is 0.600. The highest BCUT2D eigenvalue weighted by Crippen LogP contribution is 2.64. The van der Waals surface area contributed by atoms with E-state index in [1.54, 1.807) is 4.68 Å². The highest BCUT2D eigenvalue weighted by Gasteiger charge is 2.63. The van der Waals surface area contributed by atoms with Gasteiger partial charge in [0.1, 0.15) is 4.60 Å². The number of carboxylic acids is 1. The Morgan fingerprint density at radius 2 is 2.27 bits per heavy atom. The van der Waals surface area contributed by atoms with Crippen LogP contribution >= 0.6 is 15.9 Å². The number of aliphatic carboxylic acids is 1. The molecular formula is C10H13BrN2O2. The fourth-order valence-electron chi connectivity index (χ4n) is 2.39. The first kappa shape index (κ1) is 10.7. The monoisotopic (exact) mass is 272 g/mol. The van der Waals surface area contributed by atoms with Crippen molar-refractivity contribution in [2.24, 2.45) is 18.4 Å². The van der Waals surface area contributed by atoms with Gasteiger partial charge >= 0.3 is 5.97 Å². The highest BCUT2D eigenvalue weighted by molar-refractivity contribution is 9.10. The number of aryl methyl sites for hydroxylation is 1. The molecule has 1 aromatic rings. The Morgan fingerprint density at radius 3 is 2.60 bits per heavy atom. The maximum absolute atomic E-state index is 11.0. The molecule has 0 aromatic carbocycles. The second kappa shape index (κ2) is 3.07. The maximum Gasteiger partial charge on any atom is 0.307 e. The third-order valence-electron chi connectivity index (χ3n) is 3.30. The van der Waals surface area contributed by atoms with E-state index in [0.29, 0.717) is 0 Å². The Balaban J connectivity index is 2.35. The Hall–Kier alpha value is -0.840. The zero-order valence-electron chi connectivity index (χ0n) is 8.86. The summed E-state index contributed by atoms with van der Waals surface area (Å²) in [4.78, 5) is 11.0. The van der Waals surface area contributed by atoms with Crippen LogP contribution in [0.15, 0.2) is 10.7 Å². The summed E-state index contributed by atoms with van der Waals surface area (Å²) in [5.74, 6) is -0.944. The second-order valence-corrected chi connectivity index (χ2v) is 5.44. The molecule has 5 heteroatoms. The number of carboxylic acid groups (broad SMARTS) is 1. The summed E-state index contributed by atoms with van der Waals surface area (Å²) in [6.45, 7) is 3.97. The molecule has 2 atom stereocenters. The van der Waals surface area contributed by atoms with Crippen LogP contribution in [-0.4, -0.2) is 20.9 Å². The first-order valence-electron chi connectivity index (χ1n) is 4.78. The molecule has 15 heavy (non-hydrogen) atoms. The minimum absolute atomic E-state index is 0.0683. The molecule has 4 nitrogen and oxygen atoms in total. The molecule has 1 saturated carbocycles. The van der Waals surface area contributed by atoms with Crippen molar-refractivity contribution in [3.8, 4) is 0 Å². The van der Waals surface area contributed by atoms with Crippen molar-refractivity contribution in [2.45, 2.75) is 19.8 Å². The summed E-state index contributed by atoms with van der Waals surface area (Å²) in [5, 5.41) is 13.2. The molecule has 0 saturated heterocycles. The van der Waals surface area contributed by atoms with Crippen molar-refractivity contribution in [3.63, 3.8) is 0 Å². The van der Waals surface area contributed by atoms with Gasteiger partial charge < -0.3 is 5.11 Å². The van der Waals surface area contributed by atoms with Crippen molar-refractivity contribution in [3.05, 3.63) is 16.4 Å². The van der Waals surface area contributed by atoms with Gasteiger partial charge in [-0.25, -0.2) is 0 Å². The smallest absolute Gasteiger partial charge is 0.307 e. The number of nitrogens with zero attached hydrogens (tertiary/aromatic N) is 2. The van der Waals surface area contributed by atoms with Crippen LogP contribution in [0, 0.1) is 11.3 Å². The van der Waals surface area contributed by atoms with Gasteiger partial charge in [0.25, 0.3) is 0 Å². The van der Waals surface area contributed by atoms with Crippen molar-refractivity contribution in [1.29, 1.82) is 0 Å². The second-order valence-electron chi connectivity index (χ2n) is 4.63. The van der Waals surface area contributed by atoms with Crippen LogP contribution in [0.4, 0.5) is 0 Å². The van der Waals surface area contributed by atoms with E-state index in [9.17, 15) is 4.79 Å². The zero-order valence-corrected chi connectivity index (χ0v) is 10.4. The molecule has 0 spiro atoms. The molecule has 0 unspecified atom stereocenters. The Bertz CT molecular complexity index is 425. The van der Waals surface area contributed by atoms with Crippen LogP contribution in [-0.2, 0) is 11.8 Å². The van der Waals surface area contributed by atoms with Gasteiger partial charge in [0.2, 0.25) is 0 Å². The van der Waals surface area contributed by atoms with Gasteiger partial charge in [-0.2, -0.15) is 5.10 Å². The lowest BCUT2D eigenvalue weighted by molar-refractivity contribution is -0.139. The SMILES string of the molecule is Cn1nc(Br)cc1[C@@H]1[C@@H](C(=O)O)C1(C)C. The number of hydrogen-bond acceptors (Lipinski definition) is 2. The quantitative estimate of drug-likeness (QED) is 0.896. The number of halogens is 1. The highest BCUT2D eigenvalue weighted by atomic mass is 79.9. The number of carbonyl (C=O) groups is 1. The van der Waals surface area contributed by atoms with Gasteiger partial charge in [0.05, 0.1) is 5.92 Å². The summed E-state index contributed by atoms with van der Waals surface area (Å²) in [5.41, 5.74) is 0.818. The third-order valence-corrected chi connectivity index (χ3v) is 3.69. The summed E-state index contributed by atoms with van der Waals surface area (Å²) in [7, 11) is 1.84. The van der Waals surface area contributed by atoms with E-state index in [-0.39, 0.29) is 17.3 Å². The van der Waals surface area contributed by atoms with Gasteiger partial charge in [-0.05, 0) is 27.4 Å². The average Bonchev–Trinajstić information content (AvgIpc) is 2.48. The number of aromatic nitrogens is 2. The third kappa shape index (κ3) is 1.49. The molecule has 0 aliphatic heterocycles. The summed E-state index contributed by atoms with van der Waals surface area (Å²) < 4.78 is 2.51. The fourth-order valence-corrected chi connectivity index (χ4v) is 2.86. The molecule has 1 N–H and O–H groups in total. The topological polar surface area (TPSA) is 55.1 Å². The normalized spacial score (nSPS) is 27.7. The van der Waals surface area contributed by atoms with Crippen LogP contribution in [0.25, 0.3) is 0 Å². The summed E-state index contributed by atoms with van der Waals surface area (Å²) in [6.07, 6.45) is 0. The minimum Gasteiger partial charge on any atom is -0.481 e. The molecule has 82 valence electrons. The first-order valence-corrected chi connectivity index (χ1v) is 5.57. The molecule has 1 aromatic heterocycles. The van der Waals surface area contributed by atoms with Crippen LogP contribution in [0.5, 0.6) is 0 Å². The largest absolute Gasteiger partial charge is 0.481 e. The molecule has 2 rings (SSSR count). The molecule has 1 aliphatic rings. The van der Waals surface area contributed by atoms with E-state index >= 15 is 0 Å². The van der Waals surface area contributed by atoms with Crippen molar-refractivity contribution < 1.29 is 9.90 Å². The van der Waals surface area contributed by atoms with Gasteiger partial charge in [-0.3, -0.25) is 9.48 Å². The van der Waals surface area contributed by atoms with Crippen molar-refractivity contribution in [2.75, 3.05) is 0 Å². The summed E-state index contributed by atoms with van der Waals surface area (Å²) in [6, 6.07) is 1.90. The molecule has 0 amide bonds. The lowest BCUT2D eigenvalue weighted by atomic mass is 10.1. The van der Waals surface area contributed by atoms with Crippen LogP contribution in [0.1, 0.15) is 25.5 Å². The Labute approximate surface area is 96.4 Å². The molecule has 1 heterocycles. The summed E-state index contributed by atoms with van der Waals surface area (Å²) >= 11 is 3.29. The van der Waals surface area contributed by atoms with Crippen LogP contribution in [0.3, 0.4) is 0 Å². The number of rotatable bonds is 2. The van der Waals surface area contributed by atoms with E-state index in [1.165, 1.54) is 0 Å². The van der Waals surface area contributed by atoms with E-state index < -0.39 is 5.97 Å². The lowest BCUT2D eigenvalue weighted by Gasteiger charge is -2.01. The zero-order chi connectivity index (χ0) is 11.4. The van der Waals surface area contributed by atoms with Crippen LogP contribution < -0.4 is 0 Å². The van der Waals surface area contributed by atoms with E-state index in [1.807, 2.05) is 27.0 Å². The van der Waals surface area contributed by atoms with Gasteiger partial charge in [-0.15, -0.1) is 0 Å². The predicted octanol–water partition coefficient (Wildman–Crippen LogP) is 2.01. The molecular weight excluding hydrogens is 260 g/mol. The standard InChI is InChI=1S/C10H13BrN2O2/c1-10(2)7(8(10)9(14)15)5-4-6(11)12-13(5)3/h4,7-8H,1-3H3,(H,14,15)/t7-,8+/m1/s1. The lowest BCUT2D eigenvalue weighted by Crippen LogP contribution is -2.03. The minimum atomic E-state index is -0.720. The van der Waals surface area contributed by atoms with E-state index in [0.717, 1.165) is 10.3 Å². The van der Waals surface area contributed by atoms with Crippen molar-refractivity contribution >= 4 is 21.9 Å². The Morgan fingerprint density at radius 1 is 1.67 bits per heavy atom. The van der Waals surface area contributed by atoms with Gasteiger partial charge in [-0.1, -0.05) is 13.8 Å². The Kier molecular flexibility index (Phi) is 2.19. The maximum atomic E-state index is 11.0. The van der Waals surface area contributed by atoms with E-state index in [4.69, 9.17) is 5.11 Å². The van der Waals surface area contributed by atoms with Gasteiger partial charge in [0, 0.05) is 18.7 Å². The molecule has 1 fully saturated rings. The van der Waals surface area contributed by atoms with Crippen molar-refractivity contribution in [1.82, 2.24) is 9.78 Å². The molecule has 0 bridgehead atoms. The van der Waals surface area contributed by atoms with E-state index in [2.05, 4.69) is 21.0 Å². The molecule has 1 aliphatic carbocycles.